The van der Waals surface area contributed by atoms with E-state index < -0.39 is 0 Å². The topological polar surface area (TPSA) is 38.3 Å². The maximum absolute atomic E-state index is 12.4. The molecule has 1 amide bonds. The zero-order chi connectivity index (χ0) is 18.4. The highest BCUT2D eigenvalue weighted by Crippen LogP contribution is 2.26. The van der Waals surface area contributed by atoms with Gasteiger partial charge in [-0.05, 0) is 67.6 Å². The molecule has 1 N–H and O–H groups in total. The molecule has 3 rings (SSSR count). The molecular weight excluding hydrogens is 366 g/mol. The number of anilines is 1. The Morgan fingerprint density at radius 3 is 2.19 bits per heavy atom. The molecule has 1 atom stereocenters. The lowest BCUT2D eigenvalue weighted by atomic mass is 10.3. The van der Waals surface area contributed by atoms with Crippen LogP contribution in [0.15, 0.2) is 83.8 Å². The molecule has 0 unspecified atom stereocenters. The van der Waals surface area contributed by atoms with E-state index in [1.165, 1.54) is 11.8 Å². The van der Waals surface area contributed by atoms with Crippen molar-refractivity contribution >= 4 is 35.0 Å². The standard InChI is InChI=1S/C21H18ClNO2S/c1-15(26-20-13-7-16(22)8-14-20)21(24)23-17-9-11-19(12-10-17)25-18-5-3-2-4-6-18/h2-15H,1H3,(H,23,24)/t15-/m0/s1. The van der Waals surface area contributed by atoms with Gasteiger partial charge in [0.2, 0.25) is 5.91 Å². The number of halogens is 1. The van der Waals surface area contributed by atoms with Gasteiger partial charge in [0.05, 0.1) is 5.25 Å². The quantitative estimate of drug-likeness (QED) is 0.511. The number of benzene rings is 3. The van der Waals surface area contributed by atoms with Crippen molar-refractivity contribution in [3.63, 3.8) is 0 Å². The van der Waals surface area contributed by atoms with Gasteiger partial charge in [0, 0.05) is 15.6 Å². The molecule has 3 nitrogen and oxygen atoms in total. The van der Waals surface area contributed by atoms with Crippen molar-refractivity contribution in [3.05, 3.63) is 83.9 Å². The fourth-order valence-electron chi connectivity index (χ4n) is 2.25. The molecule has 0 saturated heterocycles. The summed E-state index contributed by atoms with van der Waals surface area (Å²) < 4.78 is 5.75. The number of amides is 1. The van der Waals surface area contributed by atoms with E-state index in [0.717, 1.165) is 22.1 Å². The summed E-state index contributed by atoms with van der Waals surface area (Å²) in [6, 6.07) is 24.3. The zero-order valence-electron chi connectivity index (χ0n) is 14.2. The number of carbonyl (C=O) groups is 1. The first-order chi connectivity index (χ1) is 12.6. The predicted molar refractivity (Wildman–Crippen MR) is 108 cm³/mol. The van der Waals surface area contributed by atoms with Gasteiger partial charge < -0.3 is 10.1 Å². The Labute approximate surface area is 162 Å². The third kappa shape index (κ3) is 5.28. The lowest BCUT2D eigenvalue weighted by Crippen LogP contribution is -2.22. The number of thioether (sulfide) groups is 1. The van der Waals surface area contributed by atoms with Crippen LogP contribution in [0.5, 0.6) is 11.5 Å². The molecule has 0 heterocycles. The van der Waals surface area contributed by atoms with Crippen LogP contribution in [-0.4, -0.2) is 11.2 Å². The third-order valence-electron chi connectivity index (χ3n) is 3.60. The third-order valence-corrected chi connectivity index (χ3v) is 4.96. The average molecular weight is 384 g/mol. The monoisotopic (exact) mass is 383 g/mol. The highest BCUT2D eigenvalue weighted by molar-refractivity contribution is 8.00. The summed E-state index contributed by atoms with van der Waals surface area (Å²) in [7, 11) is 0. The average Bonchev–Trinajstić information content (AvgIpc) is 2.66. The second-order valence-corrected chi connectivity index (χ2v) is 7.49. The first-order valence-electron chi connectivity index (χ1n) is 8.16. The molecule has 5 heteroatoms. The van der Waals surface area contributed by atoms with Gasteiger partial charge in [-0.15, -0.1) is 11.8 Å². The lowest BCUT2D eigenvalue weighted by Gasteiger charge is -2.12. The first-order valence-corrected chi connectivity index (χ1v) is 9.42. The van der Waals surface area contributed by atoms with Crippen molar-refractivity contribution in [3.8, 4) is 11.5 Å². The van der Waals surface area contributed by atoms with Crippen LogP contribution in [0.1, 0.15) is 6.92 Å². The second kappa shape index (κ2) is 8.79. The summed E-state index contributed by atoms with van der Waals surface area (Å²) in [5, 5.41) is 3.38. The zero-order valence-corrected chi connectivity index (χ0v) is 15.8. The Bertz CT molecular complexity index is 851. The van der Waals surface area contributed by atoms with Crippen LogP contribution in [0.4, 0.5) is 5.69 Å². The summed E-state index contributed by atoms with van der Waals surface area (Å²) in [6.45, 7) is 1.88. The number of rotatable bonds is 6. The summed E-state index contributed by atoms with van der Waals surface area (Å²) in [6.07, 6.45) is 0. The first kappa shape index (κ1) is 18.4. The van der Waals surface area contributed by atoms with E-state index in [-0.39, 0.29) is 11.2 Å². The van der Waals surface area contributed by atoms with Crippen LogP contribution in [0, 0.1) is 0 Å². The molecule has 132 valence electrons. The van der Waals surface area contributed by atoms with Crippen molar-refractivity contribution < 1.29 is 9.53 Å². The van der Waals surface area contributed by atoms with Gasteiger partial charge >= 0.3 is 0 Å². The van der Waals surface area contributed by atoms with Gasteiger partial charge in [-0.2, -0.15) is 0 Å². The Morgan fingerprint density at radius 1 is 0.923 bits per heavy atom. The highest BCUT2D eigenvalue weighted by Gasteiger charge is 2.14. The molecule has 0 saturated carbocycles. The summed E-state index contributed by atoms with van der Waals surface area (Å²) in [5.74, 6) is 1.44. The number of carbonyl (C=O) groups excluding carboxylic acids is 1. The summed E-state index contributed by atoms with van der Waals surface area (Å²) >= 11 is 7.37. The van der Waals surface area contributed by atoms with Crippen LogP contribution < -0.4 is 10.1 Å². The Balaban J connectivity index is 1.56. The van der Waals surface area contributed by atoms with Crippen molar-refractivity contribution in [2.75, 3.05) is 5.32 Å². The van der Waals surface area contributed by atoms with Crippen molar-refractivity contribution in [1.82, 2.24) is 0 Å². The molecule has 0 radical (unpaired) electrons. The highest BCUT2D eigenvalue weighted by atomic mass is 35.5. The van der Waals surface area contributed by atoms with Gasteiger partial charge in [-0.1, -0.05) is 29.8 Å². The van der Waals surface area contributed by atoms with E-state index in [1.54, 1.807) is 0 Å². The van der Waals surface area contributed by atoms with E-state index in [1.807, 2.05) is 85.8 Å². The van der Waals surface area contributed by atoms with Gasteiger partial charge in [-0.25, -0.2) is 0 Å². The maximum Gasteiger partial charge on any atom is 0.237 e. The Kier molecular flexibility index (Phi) is 6.21. The number of hydrogen-bond acceptors (Lipinski definition) is 3. The van der Waals surface area contributed by atoms with Crippen LogP contribution in [0.3, 0.4) is 0 Å². The molecule has 0 spiro atoms. The molecular formula is C21H18ClNO2S. The smallest absolute Gasteiger partial charge is 0.237 e. The normalized spacial score (nSPS) is 11.6. The fraction of sp³-hybridized carbons (Fsp3) is 0.0952. The van der Waals surface area contributed by atoms with E-state index in [2.05, 4.69) is 5.32 Å². The predicted octanol–water partition coefficient (Wildman–Crippen LogP) is 6.25. The van der Waals surface area contributed by atoms with Gasteiger partial charge in [0.25, 0.3) is 0 Å². The van der Waals surface area contributed by atoms with Crippen LogP contribution >= 0.6 is 23.4 Å². The lowest BCUT2D eigenvalue weighted by molar-refractivity contribution is -0.115. The second-order valence-electron chi connectivity index (χ2n) is 5.64. The molecule has 0 bridgehead atoms. The van der Waals surface area contributed by atoms with Gasteiger partial charge in [0.1, 0.15) is 11.5 Å². The molecule has 0 aliphatic rings. The van der Waals surface area contributed by atoms with Gasteiger partial charge in [0.15, 0.2) is 0 Å². The fourth-order valence-corrected chi connectivity index (χ4v) is 3.24. The largest absolute Gasteiger partial charge is 0.457 e. The number of ether oxygens (including phenoxy) is 1. The minimum Gasteiger partial charge on any atom is -0.457 e. The molecule has 0 aliphatic heterocycles. The minimum absolute atomic E-state index is 0.0540. The van der Waals surface area contributed by atoms with Gasteiger partial charge in [-0.3, -0.25) is 4.79 Å². The summed E-state index contributed by atoms with van der Waals surface area (Å²) in [4.78, 5) is 13.4. The van der Waals surface area contributed by atoms with Crippen LogP contribution in [-0.2, 0) is 4.79 Å². The van der Waals surface area contributed by atoms with Crippen LogP contribution in [0.2, 0.25) is 5.02 Å². The number of para-hydroxylation sites is 1. The van der Waals surface area contributed by atoms with Crippen molar-refractivity contribution in [2.45, 2.75) is 17.1 Å². The van der Waals surface area contributed by atoms with Crippen molar-refractivity contribution in [1.29, 1.82) is 0 Å². The Morgan fingerprint density at radius 2 is 1.54 bits per heavy atom. The molecule has 3 aromatic rings. The number of nitrogens with one attached hydrogen (secondary N) is 1. The van der Waals surface area contributed by atoms with E-state index in [4.69, 9.17) is 16.3 Å². The maximum atomic E-state index is 12.4. The number of hydrogen-bond donors (Lipinski definition) is 1. The minimum atomic E-state index is -0.226. The molecule has 0 aromatic heterocycles. The van der Waals surface area contributed by atoms with E-state index in [0.29, 0.717) is 5.02 Å². The van der Waals surface area contributed by atoms with E-state index in [9.17, 15) is 4.79 Å². The molecule has 0 fully saturated rings. The van der Waals surface area contributed by atoms with Crippen molar-refractivity contribution in [2.24, 2.45) is 0 Å². The summed E-state index contributed by atoms with van der Waals surface area (Å²) in [5.41, 5.74) is 0.735. The molecule has 26 heavy (non-hydrogen) atoms. The van der Waals surface area contributed by atoms with Crippen LogP contribution in [0.25, 0.3) is 0 Å². The Hall–Kier alpha value is -2.43. The molecule has 0 aliphatic carbocycles. The van der Waals surface area contributed by atoms with E-state index >= 15 is 0 Å². The SMILES string of the molecule is C[C@H](Sc1ccc(Cl)cc1)C(=O)Nc1ccc(Oc2ccccc2)cc1. The molecule has 3 aromatic carbocycles.